The first-order valence-corrected chi connectivity index (χ1v) is 9.21. The molecule has 0 spiro atoms. The summed E-state index contributed by atoms with van der Waals surface area (Å²) in [6.07, 6.45) is 5.07. The maximum absolute atomic E-state index is 13.1. The van der Waals surface area contributed by atoms with Gasteiger partial charge >= 0.3 is 0 Å². The molecule has 1 aromatic carbocycles. The molecule has 1 aliphatic carbocycles. The van der Waals surface area contributed by atoms with Gasteiger partial charge < -0.3 is 14.7 Å². The number of carbonyl (C=O) groups excluding carboxylic acids is 2. The van der Waals surface area contributed by atoms with Crippen LogP contribution >= 0.6 is 11.6 Å². The first-order chi connectivity index (χ1) is 12.5. The lowest BCUT2D eigenvalue weighted by Crippen LogP contribution is -2.45. The summed E-state index contributed by atoms with van der Waals surface area (Å²) in [7, 11) is 0. The number of hydrogen-bond acceptors (Lipinski definition) is 4. The van der Waals surface area contributed by atoms with Gasteiger partial charge in [-0.3, -0.25) is 9.59 Å². The quantitative estimate of drug-likeness (QED) is 0.855. The minimum Gasteiger partial charge on any atom is -0.360 e. The molecule has 0 radical (unpaired) electrons. The van der Waals surface area contributed by atoms with Crippen LogP contribution in [0.15, 0.2) is 34.9 Å². The molecule has 1 N–H and O–H groups in total. The lowest BCUT2D eigenvalue weighted by Gasteiger charge is -2.34. The highest BCUT2D eigenvalue weighted by molar-refractivity contribution is 6.33. The molecule has 1 aromatic heterocycles. The fourth-order valence-corrected chi connectivity index (χ4v) is 3.53. The maximum atomic E-state index is 13.1. The molecule has 2 aromatic rings. The van der Waals surface area contributed by atoms with Gasteiger partial charge in [0.25, 0.3) is 5.91 Å². The number of hydrogen-bond donors (Lipinski definition) is 1. The molecule has 26 heavy (non-hydrogen) atoms. The number of carbonyl (C=O) groups is 2. The number of halogens is 1. The SMILES string of the molecule is Cc1cc(NC(=O)CN(C(=O)c2ccccc2Cl)C2CCCCC2)no1. The van der Waals surface area contributed by atoms with Crippen LogP contribution in [0.25, 0.3) is 0 Å². The van der Waals surface area contributed by atoms with Crippen LogP contribution in [0.5, 0.6) is 0 Å². The number of anilines is 1. The Labute approximate surface area is 157 Å². The number of nitrogens with zero attached hydrogens (tertiary/aromatic N) is 2. The second-order valence-electron chi connectivity index (χ2n) is 6.58. The van der Waals surface area contributed by atoms with E-state index < -0.39 is 0 Å². The van der Waals surface area contributed by atoms with Gasteiger partial charge in [-0.25, -0.2) is 0 Å². The summed E-state index contributed by atoms with van der Waals surface area (Å²) in [4.78, 5) is 27.2. The van der Waals surface area contributed by atoms with E-state index in [1.165, 1.54) is 0 Å². The number of benzene rings is 1. The van der Waals surface area contributed by atoms with Crippen LogP contribution < -0.4 is 5.32 Å². The molecule has 0 saturated heterocycles. The number of amides is 2. The molecule has 1 aliphatic rings. The van der Waals surface area contributed by atoms with E-state index in [-0.39, 0.29) is 24.4 Å². The van der Waals surface area contributed by atoms with Gasteiger partial charge in [0.2, 0.25) is 5.91 Å². The van der Waals surface area contributed by atoms with E-state index in [1.807, 2.05) is 0 Å². The van der Waals surface area contributed by atoms with Crippen molar-refractivity contribution in [2.75, 3.05) is 11.9 Å². The van der Waals surface area contributed by atoms with Crippen molar-refractivity contribution in [1.29, 1.82) is 0 Å². The summed E-state index contributed by atoms with van der Waals surface area (Å²) in [5.74, 6) is 0.441. The van der Waals surface area contributed by atoms with E-state index in [1.54, 1.807) is 42.2 Å². The van der Waals surface area contributed by atoms with E-state index in [0.717, 1.165) is 32.1 Å². The zero-order chi connectivity index (χ0) is 18.5. The molecule has 138 valence electrons. The van der Waals surface area contributed by atoms with Gasteiger partial charge in [-0.1, -0.05) is 48.2 Å². The maximum Gasteiger partial charge on any atom is 0.256 e. The zero-order valence-electron chi connectivity index (χ0n) is 14.7. The molecule has 0 unspecified atom stereocenters. The average molecular weight is 376 g/mol. The van der Waals surface area contributed by atoms with Crippen LogP contribution in [0.4, 0.5) is 5.82 Å². The molecule has 1 saturated carbocycles. The van der Waals surface area contributed by atoms with Gasteiger partial charge in [0.05, 0.1) is 10.6 Å². The smallest absolute Gasteiger partial charge is 0.256 e. The minimum atomic E-state index is -0.302. The van der Waals surface area contributed by atoms with Gasteiger partial charge in [-0.15, -0.1) is 0 Å². The van der Waals surface area contributed by atoms with Crippen LogP contribution in [-0.2, 0) is 4.79 Å². The Bertz CT molecular complexity index is 784. The molecule has 2 amide bonds. The second-order valence-corrected chi connectivity index (χ2v) is 6.98. The standard InChI is InChI=1S/C19H22ClN3O3/c1-13-11-17(22-26-13)21-18(24)12-23(14-7-3-2-4-8-14)19(25)15-9-5-6-10-16(15)20/h5-6,9-11,14H,2-4,7-8,12H2,1H3,(H,21,22,24). The van der Waals surface area contributed by atoms with E-state index in [9.17, 15) is 9.59 Å². The van der Waals surface area contributed by atoms with Crippen LogP contribution in [0.3, 0.4) is 0 Å². The van der Waals surface area contributed by atoms with E-state index >= 15 is 0 Å². The molecule has 6 nitrogen and oxygen atoms in total. The monoisotopic (exact) mass is 375 g/mol. The Morgan fingerprint density at radius 1 is 1.27 bits per heavy atom. The van der Waals surface area contributed by atoms with Crippen molar-refractivity contribution < 1.29 is 14.1 Å². The predicted molar refractivity (Wildman–Crippen MR) is 99.2 cm³/mol. The lowest BCUT2D eigenvalue weighted by atomic mass is 9.93. The molecule has 1 fully saturated rings. The fourth-order valence-electron chi connectivity index (χ4n) is 3.31. The Kier molecular flexibility index (Phi) is 5.93. The topological polar surface area (TPSA) is 75.4 Å². The third kappa shape index (κ3) is 4.43. The van der Waals surface area contributed by atoms with Gasteiger partial charge in [-0.05, 0) is 31.9 Å². The van der Waals surface area contributed by atoms with Crippen LogP contribution in [0, 0.1) is 6.92 Å². The summed E-state index contributed by atoms with van der Waals surface area (Å²) in [6, 6.07) is 8.61. The van der Waals surface area contributed by atoms with Gasteiger partial charge in [0.15, 0.2) is 5.82 Å². The molecule has 3 rings (SSSR count). The largest absolute Gasteiger partial charge is 0.360 e. The number of nitrogens with one attached hydrogen (secondary N) is 1. The number of rotatable bonds is 5. The predicted octanol–water partition coefficient (Wildman–Crippen LogP) is 4.05. The molecule has 0 atom stereocenters. The first-order valence-electron chi connectivity index (χ1n) is 8.83. The number of aryl methyl sites for hydroxylation is 1. The van der Waals surface area contributed by atoms with Crippen LogP contribution in [0.1, 0.15) is 48.2 Å². The van der Waals surface area contributed by atoms with Crippen LogP contribution in [0.2, 0.25) is 5.02 Å². The molecule has 1 heterocycles. The average Bonchev–Trinajstić information content (AvgIpc) is 3.05. The van der Waals surface area contributed by atoms with Crippen molar-refractivity contribution in [3.8, 4) is 0 Å². The summed E-state index contributed by atoms with van der Waals surface area (Å²) >= 11 is 6.20. The first kappa shape index (κ1) is 18.5. The van der Waals surface area contributed by atoms with E-state index in [2.05, 4.69) is 10.5 Å². The normalized spacial score (nSPS) is 14.8. The summed E-state index contributed by atoms with van der Waals surface area (Å²) in [6.45, 7) is 1.71. The third-order valence-electron chi connectivity index (χ3n) is 4.59. The van der Waals surface area contributed by atoms with Crippen molar-refractivity contribution in [2.24, 2.45) is 0 Å². The van der Waals surface area contributed by atoms with Crippen molar-refractivity contribution in [3.63, 3.8) is 0 Å². The Balaban J connectivity index is 1.77. The molecule has 0 bridgehead atoms. The van der Waals surface area contributed by atoms with Crippen molar-refractivity contribution >= 4 is 29.2 Å². The summed E-state index contributed by atoms with van der Waals surface area (Å²) in [5, 5.41) is 6.84. The molecule has 0 aliphatic heterocycles. The summed E-state index contributed by atoms with van der Waals surface area (Å²) in [5.41, 5.74) is 0.421. The van der Waals surface area contributed by atoms with Gasteiger partial charge in [-0.2, -0.15) is 0 Å². The summed E-state index contributed by atoms with van der Waals surface area (Å²) < 4.78 is 4.96. The molecular formula is C19H22ClN3O3. The van der Waals surface area contributed by atoms with Gasteiger partial charge in [0, 0.05) is 12.1 Å². The van der Waals surface area contributed by atoms with Crippen molar-refractivity contribution in [2.45, 2.75) is 45.1 Å². The zero-order valence-corrected chi connectivity index (χ0v) is 15.5. The van der Waals surface area contributed by atoms with E-state index in [4.69, 9.17) is 16.1 Å². The highest BCUT2D eigenvalue weighted by Gasteiger charge is 2.29. The Morgan fingerprint density at radius 2 is 2.00 bits per heavy atom. The number of aromatic nitrogens is 1. The highest BCUT2D eigenvalue weighted by atomic mass is 35.5. The lowest BCUT2D eigenvalue weighted by molar-refractivity contribution is -0.117. The minimum absolute atomic E-state index is 0.0392. The Hall–Kier alpha value is -2.34. The van der Waals surface area contributed by atoms with Crippen molar-refractivity contribution in [3.05, 3.63) is 46.7 Å². The van der Waals surface area contributed by atoms with Crippen molar-refractivity contribution in [1.82, 2.24) is 10.1 Å². The second kappa shape index (κ2) is 8.36. The van der Waals surface area contributed by atoms with Crippen LogP contribution in [-0.4, -0.2) is 34.5 Å². The Morgan fingerprint density at radius 3 is 2.65 bits per heavy atom. The highest BCUT2D eigenvalue weighted by Crippen LogP contribution is 2.26. The molecule has 7 heteroatoms. The van der Waals surface area contributed by atoms with E-state index in [0.29, 0.717) is 22.2 Å². The third-order valence-corrected chi connectivity index (χ3v) is 4.92. The molecular weight excluding hydrogens is 354 g/mol. The fraction of sp³-hybridized carbons (Fsp3) is 0.421. The van der Waals surface area contributed by atoms with Gasteiger partial charge in [0.1, 0.15) is 12.3 Å².